The SMILES string of the molecule is CCC(C)n1ccc(CC(CN)c2ccccc2F)n1. The second kappa shape index (κ2) is 6.66. The van der Waals surface area contributed by atoms with Gasteiger partial charge in [-0.25, -0.2) is 4.39 Å². The van der Waals surface area contributed by atoms with Crippen molar-refractivity contribution in [1.82, 2.24) is 9.78 Å². The first kappa shape index (κ1) is 14.7. The van der Waals surface area contributed by atoms with Gasteiger partial charge in [0.2, 0.25) is 0 Å². The van der Waals surface area contributed by atoms with Crippen molar-refractivity contribution in [3.8, 4) is 0 Å². The van der Waals surface area contributed by atoms with Crippen molar-refractivity contribution in [2.75, 3.05) is 6.54 Å². The molecule has 0 aliphatic rings. The van der Waals surface area contributed by atoms with Gasteiger partial charge in [0, 0.05) is 18.2 Å². The molecular formula is C16H22FN3. The Bertz CT molecular complexity index is 550. The maximum atomic E-state index is 13.8. The highest BCUT2D eigenvalue weighted by atomic mass is 19.1. The Labute approximate surface area is 119 Å². The molecule has 0 saturated carbocycles. The molecule has 1 heterocycles. The average molecular weight is 275 g/mol. The van der Waals surface area contributed by atoms with Gasteiger partial charge in [-0.15, -0.1) is 0 Å². The van der Waals surface area contributed by atoms with Crippen LogP contribution < -0.4 is 5.73 Å². The molecule has 2 rings (SSSR count). The summed E-state index contributed by atoms with van der Waals surface area (Å²) in [6.07, 6.45) is 3.69. The van der Waals surface area contributed by atoms with Crippen LogP contribution in [0.3, 0.4) is 0 Å². The van der Waals surface area contributed by atoms with Crippen molar-refractivity contribution in [3.05, 3.63) is 53.6 Å². The number of hydrogen-bond acceptors (Lipinski definition) is 2. The first-order chi connectivity index (χ1) is 9.65. The Hall–Kier alpha value is -1.68. The fraction of sp³-hybridized carbons (Fsp3) is 0.438. The lowest BCUT2D eigenvalue weighted by atomic mass is 9.94. The van der Waals surface area contributed by atoms with E-state index in [9.17, 15) is 4.39 Å². The van der Waals surface area contributed by atoms with E-state index in [4.69, 9.17) is 5.73 Å². The van der Waals surface area contributed by atoms with Gasteiger partial charge in [-0.2, -0.15) is 5.10 Å². The summed E-state index contributed by atoms with van der Waals surface area (Å²) in [5, 5.41) is 4.56. The molecule has 0 aliphatic heterocycles. The minimum atomic E-state index is -0.190. The van der Waals surface area contributed by atoms with E-state index in [0.717, 1.165) is 12.1 Å². The van der Waals surface area contributed by atoms with Gasteiger partial charge >= 0.3 is 0 Å². The normalized spacial score (nSPS) is 14.2. The van der Waals surface area contributed by atoms with Crippen LogP contribution in [0.5, 0.6) is 0 Å². The zero-order valence-electron chi connectivity index (χ0n) is 12.1. The molecule has 0 radical (unpaired) electrons. The Kier molecular flexibility index (Phi) is 4.90. The Morgan fingerprint density at radius 3 is 2.70 bits per heavy atom. The van der Waals surface area contributed by atoms with E-state index in [1.54, 1.807) is 12.1 Å². The predicted octanol–water partition coefficient (Wildman–Crippen LogP) is 3.28. The molecule has 0 aliphatic carbocycles. The summed E-state index contributed by atoms with van der Waals surface area (Å²) in [6, 6.07) is 9.21. The zero-order chi connectivity index (χ0) is 14.5. The van der Waals surface area contributed by atoms with Crippen LogP contribution >= 0.6 is 0 Å². The van der Waals surface area contributed by atoms with Crippen molar-refractivity contribution in [1.29, 1.82) is 0 Å². The van der Waals surface area contributed by atoms with Crippen molar-refractivity contribution in [2.45, 2.75) is 38.6 Å². The number of benzene rings is 1. The molecule has 2 N–H and O–H groups in total. The van der Waals surface area contributed by atoms with E-state index in [2.05, 4.69) is 18.9 Å². The lowest BCUT2D eigenvalue weighted by molar-refractivity contribution is 0.471. The Balaban J connectivity index is 2.15. The second-order valence-electron chi connectivity index (χ2n) is 5.20. The molecule has 2 unspecified atom stereocenters. The monoisotopic (exact) mass is 275 g/mol. The third-order valence-electron chi connectivity index (χ3n) is 3.79. The maximum Gasteiger partial charge on any atom is 0.126 e. The lowest BCUT2D eigenvalue weighted by Gasteiger charge is -2.15. The molecule has 108 valence electrons. The first-order valence-electron chi connectivity index (χ1n) is 7.14. The standard InChI is InChI=1S/C16H22FN3/c1-3-12(2)20-9-8-14(19-20)10-13(11-18)15-6-4-5-7-16(15)17/h4-9,12-13H,3,10-11,18H2,1-2H3. The van der Waals surface area contributed by atoms with Gasteiger partial charge in [0.1, 0.15) is 5.82 Å². The van der Waals surface area contributed by atoms with E-state index < -0.39 is 0 Å². The summed E-state index contributed by atoms with van der Waals surface area (Å²) in [5.41, 5.74) is 7.45. The molecule has 0 fully saturated rings. The number of halogens is 1. The first-order valence-corrected chi connectivity index (χ1v) is 7.14. The Morgan fingerprint density at radius 1 is 1.30 bits per heavy atom. The summed E-state index contributed by atoms with van der Waals surface area (Å²) < 4.78 is 15.8. The van der Waals surface area contributed by atoms with Gasteiger partial charge < -0.3 is 5.73 Å². The van der Waals surface area contributed by atoms with Crippen molar-refractivity contribution >= 4 is 0 Å². The third-order valence-corrected chi connectivity index (χ3v) is 3.79. The number of aromatic nitrogens is 2. The molecule has 2 atom stereocenters. The van der Waals surface area contributed by atoms with Crippen molar-refractivity contribution in [2.24, 2.45) is 5.73 Å². The molecule has 2 aromatic rings. The molecule has 1 aromatic carbocycles. The molecular weight excluding hydrogens is 253 g/mol. The predicted molar refractivity (Wildman–Crippen MR) is 79.1 cm³/mol. The van der Waals surface area contributed by atoms with Crippen LogP contribution in [0.2, 0.25) is 0 Å². The largest absolute Gasteiger partial charge is 0.330 e. The molecule has 0 spiro atoms. The highest BCUT2D eigenvalue weighted by molar-refractivity contribution is 5.23. The second-order valence-corrected chi connectivity index (χ2v) is 5.20. The molecule has 20 heavy (non-hydrogen) atoms. The van der Waals surface area contributed by atoms with Gasteiger partial charge in [-0.1, -0.05) is 25.1 Å². The maximum absolute atomic E-state index is 13.8. The zero-order valence-corrected chi connectivity index (χ0v) is 12.1. The van der Waals surface area contributed by atoms with E-state index in [0.29, 0.717) is 24.6 Å². The lowest BCUT2D eigenvalue weighted by Crippen LogP contribution is -2.17. The number of nitrogens with zero attached hydrogens (tertiary/aromatic N) is 2. The molecule has 4 heteroatoms. The molecule has 3 nitrogen and oxygen atoms in total. The topological polar surface area (TPSA) is 43.8 Å². The van der Waals surface area contributed by atoms with Crippen molar-refractivity contribution in [3.63, 3.8) is 0 Å². The minimum absolute atomic E-state index is 0.0310. The van der Waals surface area contributed by atoms with E-state index in [1.165, 1.54) is 6.07 Å². The van der Waals surface area contributed by atoms with Gasteiger partial charge in [0.25, 0.3) is 0 Å². The summed E-state index contributed by atoms with van der Waals surface area (Å²) >= 11 is 0. The summed E-state index contributed by atoms with van der Waals surface area (Å²) in [5.74, 6) is -0.221. The minimum Gasteiger partial charge on any atom is -0.330 e. The summed E-state index contributed by atoms with van der Waals surface area (Å²) in [7, 11) is 0. The highest BCUT2D eigenvalue weighted by Crippen LogP contribution is 2.22. The quantitative estimate of drug-likeness (QED) is 0.879. The number of nitrogens with two attached hydrogens (primary N) is 1. The highest BCUT2D eigenvalue weighted by Gasteiger charge is 2.16. The average Bonchev–Trinajstić information content (AvgIpc) is 2.93. The molecule has 0 saturated heterocycles. The molecule has 0 bridgehead atoms. The van der Waals surface area contributed by atoms with E-state index in [1.807, 2.05) is 23.0 Å². The van der Waals surface area contributed by atoms with E-state index in [-0.39, 0.29) is 11.7 Å². The van der Waals surface area contributed by atoms with Crippen LogP contribution in [0, 0.1) is 5.82 Å². The van der Waals surface area contributed by atoms with Gasteiger partial charge in [-0.3, -0.25) is 4.68 Å². The van der Waals surface area contributed by atoms with Crippen LogP contribution in [0.15, 0.2) is 36.5 Å². The Morgan fingerprint density at radius 2 is 2.05 bits per heavy atom. The fourth-order valence-corrected chi connectivity index (χ4v) is 2.30. The molecule has 1 aromatic heterocycles. The van der Waals surface area contributed by atoms with Gasteiger partial charge in [0.15, 0.2) is 0 Å². The third kappa shape index (κ3) is 3.25. The van der Waals surface area contributed by atoms with Crippen LogP contribution in [0.4, 0.5) is 4.39 Å². The fourth-order valence-electron chi connectivity index (χ4n) is 2.30. The van der Waals surface area contributed by atoms with Gasteiger partial charge in [0.05, 0.1) is 5.69 Å². The van der Waals surface area contributed by atoms with Crippen LogP contribution in [-0.4, -0.2) is 16.3 Å². The van der Waals surface area contributed by atoms with Gasteiger partial charge in [-0.05, 0) is 44.0 Å². The molecule has 0 amide bonds. The number of rotatable bonds is 6. The smallest absolute Gasteiger partial charge is 0.126 e. The number of hydrogen-bond donors (Lipinski definition) is 1. The summed E-state index contributed by atoms with van der Waals surface area (Å²) in [4.78, 5) is 0. The van der Waals surface area contributed by atoms with Crippen molar-refractivity contribution < 1.29 is 4.39 Å². The van der Waals surface area contributed by atoms with E-state index >= 15 is 0 Å². The van der Waals surface area contributed by atoms with Crippen LogP contribution in [0.25, 0.3) is 0 Å². The van der Waals surface area contributed by atoms with Crippen LogP contribution in [-0.2, 0) is 6.42 Å². The summed E-state index contributed by atoms with van der Waals surface area (Å²) in [6.45, 7) is 4.68. The van der Waals surface area contributed by atoms with Crippen LogP contribution in [0.1, 0.15) is 43.5 Å².